The zero-order valence-corrected chi connectivity index (χ0v) is 11.0. The minimum Gasteiger partial charge on any atom is -0.325 e. The molecule has 82 valence electrons. The molecule has 1 fully saturated rings. The standard InChI is InChI=1S/C13H18BrN/c1-9(2)11-4-3-10(7-12(11)14)8-13(15)5-6-13/h3-4,7,9H,5-6,8,15H2,1-2H3. The molecule has 0 radical (unpaired) electrons. The first kappa shape index (κ1) is 11.2. The third-order valence-corrected chi connectivity index (χ3v) is 3.82. The maximum atomic E-state index is 6.11. The van der Waals surface area contributed by atoms with Gasteiger partial charge in [0.25, 0.3) is 0 Å². The zero-order valence-electron chi connectivity index (χ0n) is 9.39. The first-order valence-electron chi connectivity index (χ1n) is 5.57. The monoisotopic (exact) mass is 267 g/mol. The van der Waals surface area contributed by atoms with Crippen molar-refractivity contribution < 1.29 is 0 Å². The van der Waals surface area contributed by atoms with E-state index in [0.717, 1.165) is 6.42 Å². The van der Waals surface area contributed by atoms with E-state index in [1.165, 1.54) is 28.4 Å². The molecule has 2 rings (SSSR count). The van der Waals surface area contributed by atoms with Crippen molar-refractivity contribution in [1.82, 2.24) is 0 Å². The highest BCUT2D eigenvalue weighted by Crippen LogP contribution is 2.36. The summed E-state index contributed by atoms with van der Waals surface area (Å²) < 4.78 is 1.22. The van der Waals surface area contributed by atoms with Gasteiger partial charge in [-0.3, -0.25) is 0 Å². The molecule has 2 heteroatoms. The Labute approximate surface area is 100 Å². The summed E-state index contributed by atoms with van der Waals surface area (Å²) in [7, 11) is 0. The largest absolute Gasteiger partial charge is 0.325 e. The SMILES string of the molecule is CC(C)c1ccc(CC2(N)CC2)cc1Br. The minimum atomic E-state index is 0.110. The van der Waals surface area contributed by atoms with Crippen molar-refractivity contribution in [3.63, 3.8) is 0 Å². The van der Waals surface area contributed by atoms with E-state index in [1.54, 1.807) is 0 Å². The summed E-state index contributed by atoms with van der Waals surface area (Å²) in [5.74, 6) is 0.571. The Kier molecular flexibility index (Phi) is 2.91. The van der Waals surface area contributed by atoms with Gasteiger partial charge < -0.3 is 5.73 Å². The molecular formula is C13H18BrN. The van der Waals surface area contributed by atoms with E-state index >= 15 is 0 Å². The summed E-state index contributed by atoms with van der Waals surface area (Å²) in [4.78, 5) is 0. The van der Waals surface area contributed by atoms with E-state index in [2.05, 4.69) is 48.0 Å². The lowest BCUT2D eigenvalue weighted by Crippen LogP contribution is -2.24. The number of hydrogen-bond acceptors (Lipinski definition) is 1. The minimum absolute atomic E-state index is 0.110. The van der Waals surface area contributed by atoms with Crippen molar-refractivity contribution in [2.24, 2.45) is 5.73 Å². The van der Waals surface area contributed by atoms with Gasteiger partial charge in [-0.1, -0.05) is 41.9 Å². The normalized spacial score (nSPS) is 18.2. The third-order valence-electron chi connectivity index (χ3n) is 3.14. The van der Waals surface area contributed by atoms with Crippen LogP contribution in [0.2, 0.25) is 0 Å². The molecule has 0 amide bonds. The molecule has 0 aliphatic heterocycles. The van der Waals surface area contributed by atoms with Crippen LogP contribution in [-0.2, 0) is 6.42 Å². The molecule has 0 heterocycles. The quantitative estimate of drug-likeness (QED) is 0.890. The molecule has 1 saturated carbocycles. The molecule has 1 aliphatic rings. The van der Waals surface area contributed by atoms with E-state index in [1.807, 2.05) is 0 Å². The van der Waals surface area contributed by atoms with Crippen molar-refractivity contribution in [2.75, 3.05) is 0 Å². The summed E-state index contributed by atoms with van der Waals surface area (Å²) >= 11 is 3.63. The summed E-state index contributed by atoms with van der Waals surface area (Å²) in [6.45, 7) is 4.43. The van der Waals surface area contributed by atoms with Crippen LogP contribution in [-0.4, -0.2) is 5.54 Å². The molecule has 15 heavy (non-hydrogen) atoms. The van der Waals surface area contributed by atoms with E-state index in [4.69, 9.17) is 5.73 Å². The Morgan fingerprint density at radius 3 is 2.53 bits per heavy atom. The van der Waals surface area contributed by atoms with Gasteiger partial charge >= 0.3 is 0 Å². The summed E-state index contributed by atoms with van der Waals surface area (Å²) in [6, 6.07) is 6.66. The van der Waals surface area contributed by atoms with E-state index in [0.29, 0.717) is 5.92 Å². The highest BCUT2D eigenvalue weighted by Gasteiger charge is 2.37. The summed E-state index contributed by atoms with van der Waals surface area (Å²) in [5, 5.41) is 0. The van der Waals surface area contributed by atoms with Gasteiger partial charge in [0, 0.05) is 10.0 Å². The van der Waals surface area contributed by atoms with Gasteiger partial charge in [0.05, 0.1) is 0 Å². The van der Waals surface area contributed by atoms with Gasteiger partial charge in [-0.2, -0.15) is 0 Å². The van der Waals surface area contributed by atoms with Crippen molar-refractivity contribution in [1.29, 1.82) is 0 Å². The summed E-state index contributed by atoms with van der Waals surface area (Å²) in [6.07, 6.45) is 3.37. The van der Waals surface area contributed by atoms with Gasteiger partial charge in [0.15, 0.2) is 0 Å². The average Bonchev–Trinajstić information content (AvgIpc) is 2.82. The Morgan fingerprint density at radius 1 is 1.40 bits per heavy atom. The van der Waals surface area contributed by atoms with E-state index in [9.17, 15) is 0 Å². The molecule has 0 aromatic heterocycles. The fraction of sp³-hybridized carbons (Fsp3) is 0.538. The number of nitrogens with two attached hydrogens (primary N) is 1. The number of benzene rings is 1. The second-order valence-corrected chi connectivity index (χ2v) is 5.90. The molecule has 0 spiro atoms. The smallest absolute Gasteiger partial charge is 0.0212 e. The lowest BCUT2D eigenvalue weighted by Gasteiger charge is -2.12. The fourth-order valence-electron chi connectivity index (χ4n) is 1.89. The van der Waals surface area contributed by atoms with Crippen LogP contribution in [0.3, 0.4) is 0 Å². The molecule has 0 unspecified atom stereocenters. The Balaban J connectivity index is 2.17. The van der Waals surface area contributed by atoms with Crippen LogP contribution < -0.4 is 5.73 Å². The number of rotatable bonds is 3. The molecule has 0 bridgehead atoms. The molecule has 2 N–H and O–H groups in total. The van der Waals surface area contributed by atoms with Crippen molar-refractivity contribution in [3.8, 4) is 0 Å². The predicted octanol–water partition coefficient (Wildman–Crippen LogP) is 3.61. The van der Waals surface area contributed by atoms with Crippen molar-refractivity contribution >= 4 is 15.9 Å². The first-order valence-corrected chi connectivity index (χ1v) is 6.37. The molecular weight excluding hydrogens is 250 g/mol. The zero-order chi connectivity index (χ0) is 11.1. The van der Waals surface area contributed by atoms with Crippen molar-refractivity contribution in [3.05, 3.63) is 33.8 Å². The van der Waals surface area contributed by atoms with Crippen LogP contribution in [0.15, 0.2) is 22.7 Å². The molecule has 1 aromatic carbocycles. The van der Waals surface area contributed by atoms with Crippen LogP contribution in [0, 0.1) is 0 Å². The van der Waals surface area contributed by atoms with E-state index < -0.39 is 0 Å². The molecule has 1 aromatic rings. The first-order chi connectivity index (χ1) is 7.00. The molecule has 1 aliphatic carbocycles. The van der Waals surface area contributed by atoms with Crippen molar-refractivity contribution in [2.45, 2.75) is 44.6 Å². The van der Waals surface area contributed by atoms with E-state index in [-0.39, 0.29) is 5.54 Å². The Bertz CT molecular complexity index is 367. The van der Waals surface area contributed by atoms with Gasteiger partial charge in [0.1, 0.15) is 0 Å². The highest BCUT2D eigenvalue weighted by molar-refractivity contribution is 9.10. The molecule has 1 nitrogen and oxygen atoms in total. The van der Waals surface area contributed by atoms with Crippen LogP contribution in [0.4, 0.5) is 0 Å². The van der Waals surface area contributed by atoms with Gasteiger partial charge in [0.2, 0.25) is 0 Å². The van der Waals surface area contributed by atoms with Crippen LogP contribution in [0.1, 0.15) is 43.7 Å². The molecule has 0 atom stereocenters. The topological polar surface area (TPSA) is 26.0 Å². The molecule has 0 saturated heterocycles. The lowest BCUT2D eigenvalue weighted by molar-refractivity contribution is 0.671. The summed E-state index contributed by atoms with van der Waals surface area (Å²) in [5.41, 5.74) is 8.95. The van der Waals surface area contributed by atoms with Gasteiger partial charge in [-0.15, -0.1) is 0 Å². The van der Waals surface area contributed by atoms with Gasteiger partial charge in [-0.05, 0) is 42.4 Å². The fourth-order valence-corrected chi connectivity index (χ4v) is 2.78. The predicted molar refractivity (Wildman–Crippen MR) is 68.1 cm³/mol. The average molecular weight is 268 g/mol. The van der Waals surface area contributed by atoms with Crippen LogP contribution in [0.5, 0.6) is 0 Å². The Morgan fingerprint density at radius 2 is 2.07 bits per heavy atom. The second kappa shape index (κ2) is 3.91. The highest BCUT2D eigenvalue weighted by atomic mass is 79.9. The van der Waals surface area contributed by atoms with Gasteiger partial charge in [-0.25, -0.2) is 0 Å². The maximum absolute atomic E-state index is 6.11. The third kappa shape index (κ3) is 2.61. The van der Waals surface area contributed by atoms with Crippen LogP contribution in [0.25, 0.3) is 0 Å². The Hall–Kier alpha value is -0.340. The van der Waals surface area contributed by atoms with Crippen LogP contribution >= 0.6 is 15.9 Å². The number of hydrogen-bond donors (Lipinski definition) is 1. The lowest BCUT2D eigenvalue weighted by atomic mass is 9.98. The number of halogens is 1. The second-order valence-electron chi connectivity index (χ2n) is 5.05. The maximum Gasteiger partial charge on any atom is 0.0212 e.